The topological polar surface area (TPSA) is 66.8 Å². The van der Waals surface area contributed by atoms with Crippen LogP contribution >= 0.6 is 12.2 Å². The molecule has 2 atom stereocenters. The third kappa shape index (κ3) is 6.97. The van der Waals surface area contributed by atoms with Crippen molar-refractivity contribution in [2.45, 2.75) is 45.8 Å². The molecule has 0 aromatic heterocycles. The van der Waals surface area contributed by atoms with Crippen molar-refractivity contribution in [1.82, 2.24) is 10.9 Å². The molecule has 25 heavy (non-hydrogen) atoms. The fourth-order valence-corrected chi connectivity index (χ4v) is 3.23. The third-order valence-electron chi connectivity index (χ3n) is 4.26. The molecule has 7 heteroatoms. The summed E-state index contributed by atoms with van der Waals surface area (Å²) in [5, 5.41) is 3.42. The summed E-state index contributed by atoms with van der Waals surface area (Å²) in [5.41, 5.74) is 7.57. The first-order valence-electron chi connectivity index (χ1n) is 8.90. The number of morpholine rings is 1. The summed E-state index contributed by atoms with van der Waals surface area (Å²) in [6.45, 7) is 8.95. The van der Waals surface area contributed by atoms with E-state index in [2.05, 4.69) is 49.1 Å². The Labute approximate surface area is 155 Å². The van der Waals surface area contributed by atoms with Crippen molar-refractivity contribution in [3.05, 3.63) is 29.8 Å². The van der Waals surface area contributed by atoms with Crippen molar-refractivity contribution in [3.8, 4) is 0 Å². The molecule has 138 valence electrons. The number of quaternary nitrogens is 1. The van der Waals surface area contributed by atoms with Crippen LogP contribution in [0, 0.1) is 0 Å². The predicted molar refractivity (Wildman–Crippen MR) is 104 cm³/mol. The number of nitrogens with one attached hydrogen (secondary N) is 4. The lowest BCUT2D eigenvalue weighted by molar-refractivity contribution is -0.914. The van der Waals surface area contributed by atoms with Gasteiger partial charge in [-0.3, -0.25) is 15.6 Å². The number of carbonyl (C=O) groups is 1. The van der Waals surface area contributed by atoms with Crippen LogP contribution in [-0.2, 0) is 16.0 Å². The Morgan fingerprint density at radius 2 is 1.84 bits per heavy atom. The molecule has 1 amide bonds. The molecule has 1 aromatic carbocycles. The maximum atomic E-state index is 12.0. The summed E-state index contributed by atoms with van der Waals surface area (Å²) in [6, 6.07) is 8.05. The first-order valence-corrected chi connectivity index (χ1v) is 9.31. The van der Waals surface area contributed by atoms with E-state index in [1.807, 2.05) is 12.1 Å². The van der Waals surface area contributed by atoms with E-state index in [0.717, 1.165) is 31.7 Å². The Bertz CT molecular complexity index is 569. The molecule has 1 fully saturated rings. The number of hydrazine groups is 1. The Balaban J connectivity index is 1.66. The third-order valence-corrected chi connectivity index (χ3v) is 4.46. The van der Waals surface area contributed by atoms with Gasteiger partial charge >= 0.3 is 0 Å². The van der Waals surface area contributed by atoms with E-state index in [9.17, 15) is 4.79 Å². The number of amides is 1. The number of carbonyl (C=O) groups excluding carboxylic acids is 1. The van der Waals surface area contributed by atoms with Gasteiger partial charge in [-0.2, -0.15) is 0 Å². The van der Waals surface area contributed by atoms with Crippen molar-refractivity contribution in [2.24, 2.45) is 0 Å². The molecule has 1 aromatic rings. The SMILES string of the molecule is CCc1ccc(NC(=S)NNC(=O)CC[NH+]2C[C@@H](C)O[C@H](C)C2)cc1. The molecule has 0 bridgehead atoms. The molecule has 0 unspecified atom stereocenters. The van der Waals surface area contributed by atoms with E-state index in [1.54, 1.807) is 0 Å². The highest BCUT2D eigenvalue weighted by Gasteiger charge is 2.25. The second-order valence-corrected chi connectivity index (χ2v) is 7.00. The van der Waals surface area contributed by atoms with Crippen molar-refractivity contribution < 1.29 is 14.4 Å². The molecule has 0 aliphatic carbocycles. The lowest BCUT2D eigenvalue weighted by Crippen LogP contribution is -3.15. The molecule has 1 heterocycles. The van der Waals surface area contributed by atoms with Crippen LogP contribution in [0.3, 0.4) is 0 Å². The van der Waals surface area contributed by atoms with Gasteiger partial charge in [0.15, 0.2) is 5.11 Å². The minimum Gasteiger partial charge on any atom is -0.364 e. The zero-order valence-corrected chi connectivity index (χ0v) is 16.0. The standard InChI is InChI=1S/C18H28N4O2S/c1-4-15-5-7-16(8-6-15)19-18(25)21-20-17(23)9-10-22-11-13(2)24-14(3)12-22/h5-8,13-14H,4,9-12H2,1-3H3,(H,20,23)(H2,19,21,25)/p+1/t13-,14-/m1/s1. The van der Waals surface area contributed by atoms with Gasteiger partial charge in [0.25, 0.3) is 0 Å². The van der Waals surface area contributed by atoms with Gasteiger partial charge in [-0.1, -0.05) is 19.1 Å². The minimum atomic E-state index is -0.0650. The van der Waals surface area contributed by atoms with E-state index < -0.39 is 0 Å². The van der Waals surface area contributed by atoms with Crippen molar-refractivity contribution >= 4 is 28.9 Å². The van der Waals surface area contributed by atoms with Crippen LogP contribution in [0.5, 0.6) is 0 Å². The number of thiocarbonyl (C=S) groups is 1. The fraction of sp³-hybridized carbons (Fsp3) is 0.556. The highest BCUT2D eigenvalue weighted by molar-refractivity contribution is 7.80. The van der Waals surface area contributed by atoms with E-state index in [0.29, 0.717) is 11.5 Å². The summed E-state index contributed by atoms with van der Waals surface area (Å²) in [6.07, 6.45) is 1.95. The average molecular weight is 366 g/mol. The minimum absolute atomic E-state index is 0.0650. The summed E-state index contributed by atoms with van der Waals surface area (Å²) in [7, 11) is 0. The fourth-order valence-electron chi connectivity index (χ4n) is 3.06. The molecule has 0 spiro atoms. The summed E-state index contributed by atoms with van der Waals surface area (Å²) in [5.74, 6) is -0.0650. The second-order valence-electron chi connectivity index (χ2n) is 6.59. The number of ether oxygens (including phenoxy) is 1. The average Bonchev–Trinajstić information content (AvgIpc) is 2.58. The van der Waals surface area contributed by atoms with Crippen LogP contribution in [0.1, 0.15) is 32.8 Å². The van der Waals surface area contributed by atoms with Gasteiger partial charge in [0.2, 0.25) is 5.91 Å². The maximum Gasteiger partial charge on any atom is 0.244 e. The van der Waals surface area contributed by atoms with Gasteiger partial charge in [0.1, 0.15) is 25.3 Å². The number of anilines is 1. The number of hydrogen-bond donors (Lipinski definition) is 4. The van der Waals surface area contributed by atoms with Gasteiger partial charge in [0.05, 0.1) is 13.0 Å². The summed E-state index contributed by atoms with van der Waals surface area (Å²) >= 11 is 5.20. The molecule has 4 N–H and O–H groups in total. The van der Waals surface area contributed by atoms with E-state index in [4.69, 9.17) is 17.0 Å². The number of benzene rings is 1. The Hall–Kier alpha value is -1.70. The zero-order chi connectivity index (χ0) is 18.2. The summed E-state index contributed by atoms with van der Waals surface area (Å²) in [4.78, 5) is 13.4. The van der Waals surface area contributed by atoms with Crippen LogP contribution < -0.4 is 21.1 Å². The Kier molecular flexibility index (Phi) is 7.61. The van der Waals surface area contributed by atoms with Crippen molar-refractivity contribution in [1.29, 1.82) is 0 Å². The van der Waals surface area contributed by atoms with Gasteiger partial charge in [-0.25, -0.2) is 0 Å². The number of hydrogen-bond acceptors (Lipinski definition) is 3. The molecular formula is C18H29N4O2S+. The lowest BCUT2D eigenvalue weighted by Gasteiger charge is -2.32. The Morgan fingerprint density at radius 1 is 1.20 bits per heavy atom. The quantitative estimate of drug-likeness (QED) is 0.456. The molecule has 1 aliphatic rings. The van der Waals surface area contributed by atoms with Gasteiger partial charge in [-0.15, -0.1) is 0 Å². The molecular weight excluding hydrogens is 336 g/mol. The monoisotopic (exact) mass is 365 g/mol. The number of aryl methyl sites for hydroxylation is 1. The highest BCUT2D eigenvalue weighted by atomic mass is 32.1. The number of rotatable bonds is 5. The van der Waals surface area contributed by atoms with Gasteiger partial charge < -0.3 is 15.0 Å². The van der Waals surface area contributed by atoms with Gasteiger partial charge in [0, 0.05) is 5.69 Å². The first-order chi connectivity index (χ1) is 12.0. The van der Waals surface area contributed by atoms with Crippen molar-refractivity contribution in [2.75, 3.05) is 25.0 Å². The normalized spacial score (nSPS) is 22.9. The van der Waals surface area contributed by atoms with E-state index in [-0.39, 0.29) is 18.1 Å². The molecule has 2 rings (SSSR count). The maximum absolute atomic E-state index is 12.0. The smallest absolute Gasteiger partial charge is 0.244 e. The summed E-state index contributed by atoms with van der Waals surface area (Å²) < 4.78 is 5.71. The second kappa shape index (κ2) is 9.70. The van der Waals surface area contributed by atoms with Crippen LogP contribution in [0.15, 0.2) is 24.3 Å². The van der Waals surface area contributed by atoms with Crippen LogP contribution in [0.4, 0.5) is 5.69 Å². The molecule has 0 saturated carbocycles. The Morgan fingerprint density at radius 3 is 2.44 bits per heavy atom. The largest absolute Gasteiger partial charge is 0.364 e. The molecule has 6 nitrogen and oxygen atoms in total. The molecule has 1 aliphatic heterocycles. The van der Waals surface area contributed by atoms with E-state index in [1.165, 1.54) is 10.5 Å². The van der Waals surface area contributed by atoms with Crippen molar-refractivity contribution in [3.63, 3.8) is 0 Å². The predicted octanol–water partition coefficient (Wildman–Crippen LogP) is 0.649. The van der Waals surface area contributed by atoms with Crippen LogP contribution in [-0.4, -0.2) is 42.9 Å². The van der Waals surface area contributed by atoms with Gasteiger partial charge in [-0.05, 0) is 50.2 Å². The van der Waals surface area contributed by atoms with Crippen LogP contribution in [0.2, 0.25) is 0 Å². The lowest BCUT2D eigenvalue weighted by atomic mass is 10.1. The highest BCUT2D eigenvalue weighted by Crippen LogP contribution is 2.09. The molecule has 1 saturated heterocycles. The van der Waals surface area contributed by atoms with E-state index >= 15 is 0 Å². The molecule has 0 radical (unpaired) electrons. The van der Waals surface area contributed by atoms with Crippen LogP contribution in [0.25, 0.3) is 0 Å². The first kappa shape index (κ1) is 19.6. The zero-order valence-electron chi connectivity index (χ0n) is 15.2.